The Bertz CT molecular complexity index is 1950. The van der Waals surface area contributed by atoms with Crippen LogP contribution in [0.4, 0.5) is 17.1 Å². The zero-order valence-corrected chi connectivity index (χ0v) is 29.4. The molecule has 0 bridgehead atoms. The van der Waals surface area contributed by atoms with Gasteiger partial charge in [-0.25, -0.2) is 0 Å². The summed E-state index contributed by atoms with van der Waals surface area (Å²) in [4.78, 5) is 49.2. The van der Waals surface area contributed by atoms with E-state index in [9.17, 15) is 40.2 Å². The van der Waals surface area contributed by atoms with E-state index in [2.05, 4.69) is 6.92 Å². The molecule has 2 aliphatic rings. The molecule has 3 aromatic rings. The van der Waals surface area contributed by atoms with E-state index in [0.717, 1.165) is 31.4 Å². The molecule has 0 saturated carbocycles. The summed E-state index contributed by atoms with van der Waals surface area (Å²) in [5.74, 6) is -0.929. The van der Waals surface area contributed by atoms with Gasteiger partial charge in [-0.2, -0.15) is 0 Å². The summed E-state index contributed by atoms with van der Waals surface area (Å²) in [5, 5.41) is 48.9. The number of carboxylic acids is 1. The SMILES string of the molecule is CCCCCCCCCCCCOc1ccc(C2=c3cc([N+](=O)[O-])c(=C4SC=C[Se]4)c(C(=O)O)c3-c3c2cc([N+](=O)[O-])cc3[N+](=O)[O-])cc1. The van der Waals surface area contributed by atoms with Crippen molar-refractivity contribution < 1.29 is 29.4 Å². The van der Waals surface area contributed by atoms with Crippen LogP contribution in [0.15, 0.2) is 52.8 Å². The average molecular weight is 753 g/mol. The van der Waals surface area contributed by atoms with Crippen molar-refractivity contribution in [1.82, 2.24) is 0 Å². The van der Waals surface area contributed by atoms with Gasteiger partial charge in [-0.3, -0.25) is 0 Å². The molecule has 0 spiro atoms. The Balaban J connectivity index is 1.53. The standard InChI is InChI=1S/C35H35N3O9SSe/c1-2-3-4-5-6-7-8-9-10-11-16-47-24-14-12-22(13-15-24)29-25-19-23(36(41)42)20-27(37(43)44)30(25)31-26(29)21-28(38(45)46)32(33(31)34(39)40)35-48-17-18-49-35/h12-15,17-21H,2-11,16H2,1H3,(H,39,40). The predicted molar refractivity (Wildman–Crippen MR) is 189 cm³/mol. The summed E-state index contributed by atoms with van der Waals surface area (Å²) in [6.45, 7) is 2.73. The second kappa shape index (κ2) is 16.3. The van der Waals surface area contributed by atoms with Crippen LogP contribution in [0.2, 0.25) is 0 Å². The molecule has 0 unspecified atom stereocenters. The molecular formula is C35H35N3O9SSe. The van der Waals surface area contributed by atoms with Crippen LogP contribution >= 0.6 is 11.8 Å². The van der Waals surface area contributed by atoms with Crippen LogP contribution in [0.25, 0.3) is 20.5 Å². The Morgan fingerprint density at radius 3 is 2.00 bits per heavy atom. The Morgan fingerprint density at radius 2 is 1.45 bits per heavy atom. The predicted octanol–water partition coefficient (Wildman–Crippen LogP) is 7.62. The minimum atomic E-state index is -1.50. The van der Waals surface area contributed by atoms with E-state index in [1.807, 2.05) is 0 Å². The number of non-ortho nitro benzene ring substituents is 2. The number of rotatable bonds is 17. The topological polar surface area (TPSA) is 176 Å². The third kappa shape index (κ3) is 7.87. The molecule has 1 aliphatic heterocycles. The van der Waals surface area contributed by atoms with Gasteiger partial charge in [-0.1, -0.05) is 64.7 Å². The van der Waals surface area contributed by atoms with E-state index in [0.29, 0.717) is 21.7 Å². The Labute approximate surface area is 292 Å². The maximum atomic E-state index is 13.0. The average Bonchev–Trinajstić information content (AvgIpc) is 3.72. The Morgan fingerprint density at radius 1 is 0.816 bits per heavy atom. The number of aromatic carboxylic acids is 1. The molecule has 1 heterocycles. The number of carbonyl (C=O) groups is 1. The second-order valence-electron chi connectivity index (χ2n) is 11.8. The van der Waals surface area contributed by atoms with Crippen molar-refractivity contribution in [1.29, 1.82) is 0 Å². The minimum absolute atomic E-state index is 0.0524. The number of hydrogen-bond acceptors (Lipinski definition) is 9. The molecule has 0 amide bonds. The van der Waals surface area contributed by atoms with Crippen molar-refractivity contribution >= 4 is 59.1 Å². The van der Waals surface area contributed by atoms with Crippen molar-refractivity contribution in [2.45, 2.75) is 71.1 Å². The fourth-order valence-electron chi connectivity index (χ4n) is 6.29. The fraction of sp³-hybridized carbons (Fsp3) is 0.343. The molecule has 5 rings (SSSR count). The zero-order valence-electron chi connectivity index (χ0n) is 26.8. The van der Waals surface area contributed by atoms with Crippen molar-refractivity contribution in [3.63, 3.8) is 0 Å². The molecule has 256 valence electrons. The molecule has 1 N–H and O–H groups in total. The monoisotopic (exact) mass is 753 g/mol. The number of unbranched alkanes of at least 4 members (excludes halogenated alkanes) is 9. The first-order valence-electron chi connectivity index (χ1n) is 16.2. The zero-order chi connectivity index (χ0) is 35.1. The molecule has 0 aromatic heterocycles. The third-order valence-electron chi connectivity index (χ3n) is 8.54. The number of thioether (sulfide) groups is 1. The molecule has 0 fully saturated rings. The second-order valence-corrected chi connectivity index (χ2v) is 15.2. The number of ether oxygens (including phenoxy) is 1. The number of hydrogen-bond donors (Lipinski definition) is 1. The van der Waals surface area contributed by atoms with Gasteiger partial charge in [0.2, 0.25) is 0 Å². The summed E-state index contributed by atoms with van der Waals surface area (Å²) >= 11 is 0.773. The molecule has 0 radical (unpaired) electrons. The summed E-state index contributed by atoms with van der Waals surface area (Å²) in [6, 6.07) is 9.92. The van der Waals surface area contributed by atoms with Gasteiger partial charge in [0.25, 0.3) is 0 Å². The summed E-state index contributed by atoms with van der Waals surface area (Å²) in [5.41, 5.74) is -1.60. The van der Waals surface area contributed by atoms with Gasteiger partial charge in [0.1, 0.15) is 0 Å². The van der Waals surface area contributed by atoms with Crippen LogP contribution < -0.4 is 15.2 Å². The first-order chi connectivity index (χ1) is 23.6. The molecular weight excluding hydrogens is 717 g/mol. The maximum absolute atomic E-state index is 13.0. The van der Waals surface area contributed by atoms with Gasteiger partial charge in [0.05, 0.1) is 0 Å². The van der Waals surface area contributed by atoms with Crippen LogP contribution in [0.3, 0.4) is 0 Å². The molecule has 49 heavy (non-hydrogen) atoms. The third-order valence-corrected chi connectivity index (χ3v) is 12.2. The van der Waals surface area contributed by atoms with E-state index in [1.54, 1.807) is 34.6 Å². The van der Waals surface area contributed by atoms with Crippen LogP contribution in [-0.2, 0) is 0 Å². The van der Waals surface area contributed by atoms with E-state index in [4.69, 9.17) is 4.74 Å². The van der Waals surface area contributed by atoms with Crippen molar-refractivity contribution in [3.8, 4) is 16.9 Å². The first-order valence-corrected chi connectivity index (χ1v) is 18.9. The van der Waals surface area contributed by atoms with Gasteiger partial charge in [0.15, 0.2) is 0 Å². The van der Waals surface area contributed by atoms with Gasteiger partial charge in [-0.05, 0) is 6.42 Å². The fourth-order valence-corrected chi connectivity index (χ4v) is 9.53. The van der Waals surface area contributed by atoms with Crippen LogP contribution in [-0.4, -0.2) is 47.4 Å². The Hall–Kier alpha value is -4.52. The van der Waals surface area contributed by atoms with Gasteiger partial charge in [0, 0.05) is 0 Å². The van der Waals surface area contributed by atoms with Crippen molar-refractivity contribution in [2.75, 3.05) is 6.61 Å². The first kappa shape index (κ1) is 35.8. The molecule has 0 atom stereocenters. The van der Waals surface area contributed by atoms with Crippen LogP contribution in [0, 0.1) is 30.3 Å². The van der Waals surface area contributed by atoms with Gasteiger partial charge < -0.3 is 0 Å². The molecule has 3 aromatic carbocycles. The quantitative estimate of drug-likeness (QED) is 0.0489. The molecule has 1 aliphatic carbocycles. The number of carboxylic acid groups (broad SMARTS) is 1. The molecule has 14 heteroatoms. The van der Waals surface area contributed by atoms with E-state index >= 15 is 0 Å². The van der Waals surface area contributed by atoms with E-state index in [1.165, 1.54) is 62.8 Å². The van der Waals surface area contributed by atoms with Crippen LogP contribution in [0.5, 0.6) is 5.75 Å². The summed E-state index contributed by atoms with van der Waals surface area (Å²) in [7, 11) is 0. The van der Waals surface area contributed by atoms with Crippen molar-refractivity contribution in [3.05, 3.63) is 110 Å². The van der Waals surface area contributed by atoms with E-state index < -0.39 is 58.3 Å². The summed E-state index contributed by atoms with van der Waals surface area (Å²) < 4.78 is 6.42. The number of nitro groups is 3. The normalized spacial score (nSPS) is 14.1. The molecule has 12 nitrogen and oxygen atoms in total. The number of fused-ring (bicyclic) bond motifs is 3. The van der Waals surface area contributed by atoms with Gasteiger partial charge >= 0.3 is 222 Å². The number of nitro benzene ring substituents is 3. The van der Waals surface area contributed by atoms with Gasteiger partial charge in [-0.15, -0.1) is 0 Å². The molecule has 0 saturated heterocycles. The number of benzene rings is 3. The van der Waals surface area contributed by atoms with E-state index in [-0.39, 0.29) is 32.7 Å². The Kier molecular flexibility index (Phi) is 11.9. The summed E-state index contributed by atoms with van der Waals surface area (Å²) in [6.07, 6.45) is 12.0. The number of nitrogens with zero attached hydrogens (tertiary/aromatic N) is 3. The van der Waals surface area contributed by atoms with Crippen molar-refractivity contribution in [2.24, 2.45) is 0 Å². The van der Waals surface area contributed by atoms with Crippen LogP contribution in [0.1, 0.15) is 92.6 Å².